The molecule has 9 heteroatoms. The standard InChI is InChI=1S/C22H26ClN5O2S/c1-13-14(2)27-28(15(13)3)12-17-9-19(30-18-6-4-5-7-18)8-16(25-17)10-21(29)26-22-24-11-20(23)31-22/h8-9,11,18H,4-7,10,12H2,1-3H3,(H,24,26,29). The predicted molar refractivity (Wildman–Crippen MR) is 122 cm³/mol. The van der Waals surface area contributed by atoms with Crippen LogP contribution in [0.2, 0.25) is 4.34 Å². The third kappa shape index (κ3) is 5.43. The van der Waals surface area contributed by atoms with Crippen LogP contribution in [0.4, 0.5) is 5.13 Å². The Morgan fingerprint density at radius 2 is 2.00 bits per heavy atom. The number of pyridine rings is 1. The molecule has 0 aromatic carbocycles. The number of carbonyl (C=O) groups excluding carboxylic acids is 1. The van der Waals surface area contributed by atoms with Gasteiger partial charge in [0.1, 0.15) is 10.1 Å². The fourth-order valence-corrected chi connectivity index (χ4v) is 4.62. The molecule has 3 aromatic rings. The highest BCUT2D eigenvalue weighted by atomic mass is 35.5. The van der Waals surface area contributed by atoms with Gasteiger partial charge in [0.2, 0.25) is 5.91 Å². The smallest absolute Gasteiger partial charge is 0.232 e. The summed E-state index contributed by atoms with van der Waals surface area (Å²) in [5.41, 5.74) is 4.78. The minimum Gasteiger partial charge on any atom is -0.490 e. The number of hydrogen-bond acceptors (Lipinski definition) is 6. The van der Waals surface area contributed by atoms with E-state index in [4.69, 9.17) is 21.3 Å². The molecule has 0 atom stereocenters. The molecular weight excluding hydrogens is 434 g/mol. The lowest BCUT2D eigenvalue weighted by atomic mass is 10.2. The Labute approximate surface area is 190 Å². The number of amides is 1. The number of anilines is 1. The molecule has 0 radical (unpaired) electrons. The molecule has 1 fully saturated rings. The van der Waals surface area contributed by atoms with Crippen LogP contribution < -0.4 is 10.1 Å². The Balaban J connectivity index is 1.55. The number of nitrogens with zero attached hydrogens (tertiary/aromatic N) is 4. The quantitative estimate of drug-likeness (QED) is 0.545. The first-order valence-corrected chi connectivity index (χ1v) is 11.6. The number of ether oxygens (including phenoxy) is 1. The summed E-state index contributed by atoms with van der Waals surface area (Å²) >= 11 is 7.12. The highest BCUT2D eigenvalue weighted by molar-refractivity contribution is 7.19. The molecule has 0 saturated heterocycles. The Kier molecular flexibility index (Phi) is 6.57. The fourth-order valence-electron chi connectivity index (χ4n) is 3.79. The van der Waals surface area contributed by atoms with E-state index < -0.39 is 0 Å². The zero-order chi connectivity index (χ0) is 22.0. The van der Waals surface area contributed by atoms with Crippen LogP contribution in [-0.2, 0) is 17.8 Å². The lowest BCUT2D eigenvalue weighted by Gasteiger charge is -2.15. The van der Waals surface area contributed by atoms with Crippen molar-refractivity contribution in [2.75, 3.05) is 5.32 Å². The average Bonchev–Trinajstić information content (AvgIpc) is 3.42. The third-order valence-corrected chi connectivity index (χ3v) is 6.66. The third-order valence-electron chi connectivity index (χ3n) is 5.63. The molecule has 1 amide bonds. The van der Waals surface area contributed by atoms with Gasteiger partial charge >= 0.3 is 0 Å². The van der Waals surface area contributed by atoms with Crippen molar-refractivity contribution < 1.29 is 9.53 Å². The summed E-state index contributed by atoms with van der Waals surface area (Å²) in [7, 11) is 0. The molecule has 3 heterocycles. The van der Waals surface area contributed by atoms with Gasteiger partial charge in [-0.1, -0.05) is 22.9 Å². The Morgan fingerprint density at radius 3 is 2.65 bits per heavy atom. The largest absolute Gasteiger partial charge is 0.490 e. The number of halogens is 1. The van der Waals surface area contributed by atoms with E-state index in [1.165, 1.54) is 35.9 Å². The summed E-state index contributed by atoms with van der Waals surface area (Å²) in [5, 5.41) is 7.88. The number of nitrogens with one attached hydrogen (secondary N) is 1. The zero-order valence-electron chi connectivity index (χ0n) is 17.9. The van der Waals surface area contributed by atoms with Crippen LogP contribution in [0.3, 0.4) is 0 Å². The van der Waals surface area contributed by atoms with Crippen molar-refractivity contribution in [1.29, 1.82) is 0 Å². The number of rotatable bonds is 7. The van der Waals surface area contributed by atoms with Crippen molar-refractivity contribution in [2.24, 2.45) is 0 Å². The molecule has 1 aliphatic carbocycles. The summed E-state index contributed by atoms with van der Waals surface area (Å²) in [5.74, 6) is 0.569. The summed E-state index contributed by atoms with van der Waals surface area (Å²) < 4.78 is 8.71. The molecule has 1 N–H and O–H groups in total. The van der Waals surface area contributed by atoms with Gasteiger partial charge in [-0.3, -0.25) is 14.5 Å². The van der Waals surface area contributed by atoms with Crippen LogP contribution >= 0.6 is 22.9 Å². The monoisotopic (exact) mass is 459 g/mol. The Bertz CT molecular complexity index is 1090. The van der Waals surface area contributed by atoms with E-state index >= 15 is 0 Å². The van der Waals surface area contributed by atoms with E-state index in [-0.39, 0.29) is 18.4 Å². The van der Waals surface area contributed by atoms with Crippen molar-refractivity contribution in [3.05, 3.63) is 51.0 Å². The van der Waals surface area contributed by atoms with E-state index in [2.05, 4.69) is 29.2 Å². The molecule has 0 spiro atoms. The second-order valence-electron chi connectivity index (χ2n) is 7.96. The maximum Gasteiger partial charge on any atom is 0.232 e. The lowest BCUT2D eigenvalue weighted by Crippen LogP contribution is -2.17. The van der Waals surface area contributed by atoms with Crippen LogP contribution in [0.15, 0.2) is 18.3 Å². The molecule has 0 unspecified atom stereocenters. The van der Waals surface area contributed by atoms with E-state index in [0.29, 0.717) is 21.7 Å². The first-order valence-electron chi connectivity index (χ1n) is 10.5. The Morgan fingerprint density at radius 1 is 1.26 bits per heavy atom. The number of aromatic nitrogens is 4. The molecule has 1 saturated carbocycles. The van der Waals surface area contributed by atoms with Gasteiger partial charge in [0.05, 0.1) is 42.3 Å². The highest BCUT2D eigenvalue weighted by Gasteiger charge is 2.18. The number of thiazole rings is 1. The molecule has 1 aliphatic rings. The molecule has 0 aliphatic heterocycles. The van der Waals surface area contributed by atoms with Crippen LogP contribution in [0.25, 0.3) is 0 Å². The van der Waals surface area contributed by atoms with Crippen molar-refractivity contribution in [3.63, 3.8) is 0 Å². The van der Waals surface area contributed by atoms with Gasteiger partial charge in [0.15, 0.2) is 5.13 Å². The second-order valence-corrected chi connectivity index (χ2v) is 9.62. The van der Waals surface area contributed by atoms with E-state index in [9.17, 15) is 4.79 Å². The van der Waals surface area contributed by atoms with Crippen LogP contribution in [0, 0.1) is 20.8 Å². The van der Waals surface area contributed by atoms with E-state index in [1.54, 1.807) is 0 Å². The maximum absolute atomic E-state index is 12.5. The summed E-state index contributed by atoms with van der Waals surface area (Å²) in [6.07, 6.45) is 6.39. The summed E-state index contributed by atoms with van der Waals surface area (Å²) in [6, 6.07) is 3.83. The SMILES string of the molecule is Cc1nn(Cc2cc(OC3CCCC3)cc(CC(=O)Nc3ncc(Cl)s3)n2)c(C)c1C. The van der Waals surface area contributed by atoms with Gasteiger partial charge < -0.3 is 10.1 Å². The molecule has 164 valence electrons. The van der Waals surface area contributed by atoms with E-state index in [1.807, 2.05) is 23.7 Å². The molecule has 3 aromatic heterocycles. The average molecular weight is 460 g/mol. The second kappa shape index (κ2) is 9.36. The topological polar surface area (TPSA) is 81.9 Å². The van der Waals surface area contributed by atoms with Gasteiger partial charge in [-0.05, 0) is 52.0 Å². The minimum absolute atomic E-state index is 0.127. The number of carbonyl (C=O) groups is 1. The normalized spacial score (nSPS) is 14.2. The van der Waals surface area contributed by atoms with Gasteiger partial charge in [0.25, 0.3) is 0 Å². The summed E-state index contributed by atoms with van der Waals surface area (Å²) in [4.78, 5) is 21.3. The van der Waals surface area contributed by atoms with Crippen molar-refractivity contribution >= 4 is 34.0 Å². The van der Waals surface area contributed by atoms with Crippen LogP contribution in [0.5, 0.6) is 5.75 Å². The Hall–Kier alpha value is -2.45. The predicted octanol–water partition coefficient (Wildman–Crippen LogP) is 4.86. The van der Waals surface area contributed by atoms with Crippen LogP contribution in [0.1, 0.15) is 54.0 Å². The maximum atomic E-state index is 12.5. The number of hydrogen-bond donors (Lipinski definition) is 1. The minimum atomic E-state index is -0.190. The number of aryl methyl sites for hydroxylation is 1. The zero-order valence-corrected chi connectivity index (χ0v) is 19.5. The van der Waals surface area contributed by atoms with Crippen molar-refractivity contribution in [3.8, 4) is 5.75 Å². The van der Waals surface area contributed by atoms with Gasteiger partial charge in [-0.2, -0.15) is 5.10 Å². The summed E-state index contributed by atoms with van der Waals surface area (Å²) in [6.45, 7) is 6.66. The molecule has 4 rings (SSSR count). The van der Waals surface area contributed by atoms with Gasteiger partial charge in [-0.25, -0.2) is 4.98 Å². The van der Waals surface area contributed by atoms with E-state index in [0.717, 1.165) is 35.7 Å². The van der Waals surface area contributed by atoms with Crippen molar-refractivity contribution in [1.82, 2.24) is 19.7 Å². The highest BCUT2D eigenvalue weighted by Crippen LogP contribution is 2.26. The van der Waals surface area contributed by atoms with Crippen LogP contribution in [-0.4, -0.2) is 31.8 Å². The van der Waals surface area contributed by atoms with Gasteiger partial charge in [-0.15, -0.1) is 0 Å². The molecule has 7 nitrogen and oxygen atoms in total. The molecule has 31 heavy (non-hydrogen) atoms. The van der Waals surface area contributed by atoms with Crippen molar-refractivity contribution in [2.45, 2.75) is 65.5 Å². The fraction of sp³-hybridized carbons (Fsp3) is 0.455. The van der Waals surface area contributed by atoms with Gasteiger partial charge in [0, 0.05) is 17.8 Å². The molecular formula is C22H26ClN5O2S. The molecule has 0 bridgehead atoms. The first-order chi connectivity index (χ1) is 14.9. The first kappa shape index (κ1) is 21.8. The lowest BCUT2D eigenvalue weighted by molar-refractivity contribution is -0.115.